The molecule has 0 spiro atoms. The van der Waals surface area contributed by atoms with Crippen molar-refractivity contribution in [2.75, 3.05) is 25.9 Å². The van der Waals surface area contributed by atoms with Gasteiger partial charge in [-0.25, -0.2) is 4.98 Å². The van der Waals surface area contributed by atoms with Crippen LogP contribution in [-0.4, -0.2) is 52.9 Å². The third-order valence-corrected chi connectivity index (χ3v) is 4.69. The minimum absolute atomic E-state index is 0.00181. The third-order valence-electron chi connectivity index (χ3n) is 4.50. The number of fused-ring (bicyclic) bond motifs is 2. The van der Waals surface area contributed by atoms with Gasteiger partial charge in [-0.2, -0.15) is 0 Å². The van der Waals surface area contributed by atoms with Gasteiger partial charge in [0.25, 0.3) is 5.91 Å². The number of nitrogens with zero attached hydrogens (tertiary/aromatic N) is 3. The van der Waals surface area contributed by atoms with Crippen LogP contribution in [0.3, 0.4) is 0 Å². The van der Waals surface area contributed by atoms with Crippen molar-refractivity contribution in [3.63, 3.8) is 0 Å². The van der Waals surface area contributed by atoms with E-state index in [1.54, 1.807) is 12.1 Å². The van der Waals surface area contributed by atoms with E-state index in [9.17, 15) is 4.79 Å². The van der Waals surface area contributed by atoms with Gasteiger partial charge >= 0.3 is 0 Å². The Balaban J connectivity index is 1.80. The first-order valence-electron chi connectivity index (χ1n) is 6.99. The molecule has 20 heavy (non-hydrogen) atoms. The molecule has 3 rings (SSSR count). The largest absolute Gasteiger partial charge is 0.384 e. The summed E-state index contributed by atoms with van der Waals surface area (Å²) in [6.07, 6.45) is 3.45. The summed E-state index contributed by atoms with van der Waals surface area (Å²) < 4.78 is 0. The first-order chi connectivity index (χ1) is 9.54. The maximum atomic E-state index is 12.6. The molecule has 0 saturated carbocycles. The predicted octanol–water partition coefficient (Wildman–Crippen LogP) is 1.63. The fourth-order valence-electron chi connectivity index (χ4n) is 3.32. The number of halogens is 1. The molecule has 1 aromatic heterocycles. The summed E-state index contributed by atoms with van der Waals surface area (Å²) in [5, 5.41) is 0.266. The molecule has 2 saturated heterocycles. The molecule has 0 radical (unpaired) electrons. The minimum Gasteiger partial charge on any atom is -0.384 e. The van der Waals surface area contributed by atoms with Crippen LogP contribution in [0, 0.1) is 0 Å². The molecule has 0 aromatic carbocycles. The van der Waals surface area contributed by atoms with Crippen molar-refractivity contribution in [3.8, 4) is 0 Å². The Labute approximate surface area is 123 Å². The second-order valence-electron chi connectivity index (χ2n) is 5.69. The third kappa shape index (κ3) is 2.47. The molecular weight excluding hydrogens is 276 g/mol. The molecule has 2 unspecified atom stereocenters. The minimum atomic E-state index is 0.00181. The van der Waals surface area contributed by atoms with Crippen molar-refractivity contribution in [1.29, 1.82) is 0 Å². The number of anilines is 1. The zero-order valence-electron chi connectivity index (χ0n) is 11.6. The van der Waals surface area contributed by atoms with E-state index in [0.717, 1.165) is 19.5 Å². The number of likely N-dealkylation sites (N-methyl/N-ethyl adjacent to an activating group) is 1. The van der Waals surface area contributed by atoms with E-state index in [-0.39, 0.29) is 16.9 Å². The Morgan fingerprint density at radius 1 is 1.35 bits per heavy atom. The van der Waals surface area contributed by atoms with Gasteiger partial charge in [-0.3, -0.25) is 9.69 Å². The zero-order chi connectivity index (χ0) is 14.3. The molecule has 6 heteroatoms. The number of hydrogen-bond acceptors (Lipinski definition) is 4. The van der Waals surface area contributed by atoms with Crippen molar-refractivity contribution in [1.82, 2.24) is 14.8 Å². The Morgan fingerprint density at radius 3 is 2.85 bits per heavy atom. The van der Waals surface area contributed by atoms with E-state index in [1.165, 1.54) is 12.8 Å². The maximum Gasteiger partial charge on any atom is 0.254 e. The predicted molar refractivity (Wildman–Crippen MR) is 78.8 cm³/mol. The number of rotatable bonds is 1. The highest BCUT2D eigenvalue weighted by Gasteiger charge is 2.36. The summed E-state index contributed by atoms with van der Waals surface area (Å²) in [6, 6.07) is 4.28. The molecule has 2 bridgehead atoms. The Morgan fingerprint density at radius 2 is 2.10 bits per heavy atom. The summed E-state index contributed by atoms with van der Waals surface area (Å²) in [6.45, 7) is 1.58. The molecule has 2 aliphatic heterocycles. The van der Waals surface area contributed by atoms with Gasteiger partial charge in [0, 0.05) is 30.7 Å². The molecule has 3 heterocycles. The van der Waals surface area contributed by atoms with Crippen molar-refractivity contribution in [2.45, 2.75) is 31.3 Å². The summed E-state index contributed by atoms with van der Waals surface area (Å²) in [5.74, 6) is 0.288. The van der Waals surface area contributed by atoms with Crippen molar-refractivity contribution >= 4 is 23.3 Å². The van der Waals surface area contributed by atoms with E-state index in [2.05, 4.69) is 16.9 Å². The van der Waals surface area contributed by atoms with Gasteiger partial charge in [0.15, 0.2) is 0 Å². The highest BCUT2D eigenvalue weighted by atomic mass is 35.5. The first-order valence-corrected chi connectivity index (χ1v) is 7.36. The van der Waals surface area contributed by atoms with Gasteiger partial charge in [0.1, 0.15) is 11.0 Å². The second-order valence-corrected chi connectivity index (χ2v) is 6.08. The smallest absolute Gasteiger partial charge is 0.254 e. The van der Waals surface area contributed by atoms with Crippen LogP contribution < -0.4 is 5.73 Å². The number of carbonyl (C=O) groups excluding carboxylic acids is 1. The molecule has 1 aromatic rings. The molecule has 5 nitrogen and oxygen atoms in total. The summed E-state index contributed by atoms with van der Waals surface area (Å²) >= 11 is 5.88. The van der Waals surface area contributed by atoms with Gasteiger partial charge in [-0.1, -0.05) is 11.6 Å². The molecule has 2 aliphatic rings. The molecule has 2 N–H and O–H groups in total. The van der Waals surface area contributed by atoms with Crippen molar-refractivity contribution < 1.29 is 4.79 Å². The fourth-order valence-corrected chi connectivity index (χ4v) is 3.53. The van der Waals surface area contributed by atoms with Crippen LogP contribution in [0.4, 0.5) is 5.82 Å². The van der Waals surface area contributed by atoms with E-state index in [0.29, 0.717) is 17.6 Å². The van der Waals surface area contributed by atoms with Crippen LogP contribution in [0.25, 0.3) is 0 Å². The zero-order valence-corrected chi connectivity index (χ0v) is 12.3. The lowest BCUT2D eigenvalue weighted by Gasteiger charge is -2.26. The van der Waals surface area contributed by atoms with Crippen LogP contribution in [0.2, 0.25) is 5.15 Å². The van der Waals surface area contributed by atoms with E-state index >= 15 is 0 Å². The van der Waals surface area contributed by atoms with E-state index < -0.39 is 0 Å². The fraction of sp³-hybridized carbons (Fsp3) is 0.571. The number of hydrogen-bond donors (Lipinski definition) is 1. The standard InChI is InChI=1S/C14H19ClN4O/c1-18-10-2-3-11(18)8-19(5-4-10)14(20)9-6-12(15)17-13(16)7-9/h6-7,10-11H,2-5,8H2,1H3,(H2,16,17). The van der Waals surface area contributed by atoms with Gasteiger partial charge < -0.3 is 10.6 Å². The lowest BCUT2D eigenvalue weighted by atomic mass is 10.1. The number of pyridine rings is 1. The summed E-state index contributed by atoms with van der Waals surface area (Å²) in [4.78, 5) is 20.8. The number of amides is 1. The van der Waals surface area contributed by atoms with Crippen LogP contribution in [-0.2, 0) is 0 Å². The van der Waals surface area contributed by atoms with Crippen LogP contribution in [0.1, 0.15) is 29.6 Å². The molecule has 108 valence electrons. The van der Waals surface area contributed by atoms with Gasteiger partial charge in [-0.05, 0) is 38.4 Å². The van der Waals surface area contributed by atoms with Crippen LogP contribution in [0.5, 0.6) is 0 Å². The molecule has 1 amide bonds. The molecule has 2 fully saturated rings. The van der Waals surface area contributed by atoms with Gasteiger partial charge in [0.2, 0.25) is 0 Å². The quantitative estimate of drug-likeness (QED) is 0.800. The Hall–Kier alpha value is -1.33. The Bertz CT molecular complexity index is 516. The normalized spacial score (nSPS) is 26.6. The van der Waals surface area contributed by atoms with Gasteiger partial charge in [0.05, 0.1) is 0 Å². The maximum absolute atomic E-state index is 12.6. The number of carbonyl (C=O) groups is 1. The highest BCUT2D eigenvalue weighted by Crippen LogP contribution is 2.29. The van der Waals surface area contributed by atoms with Crippen LogP contribution >= 0.6 is 11.6 Å². The number of likely N-dealkylation sites (tertiary alicyclic amines) is 1. The monoisotopic (exact) mass is 294 g/mol. The lowest BCUT2D eigenvalue weighted by Crippen LogP contribution is -2.39. The van der Waals surface area contributed by atoms with E-state index in [1.807, 2.05) is 4.90 Å². The number of nitrogen functional groups attached to an aromatic ring is 1. The lowest BCUT2D eigenvalue weighted by molar-refractivity contribution is 0.0740. The van der Waals surface area contributed by atoms with E-state index in [4.69, 9.17) is 17.3 Å². The SMILES string of the molecule is CN1C2CCC1CN(C(=O)c1cc(N)nc(Cl)c1)CC2. The second kappa shape index (κ2) is 5.22. The molecular formula is C14H19ClN4O. The average Bonchev–Trinajstić information content (AvgIpc) is 2.61. The summed E-state index contributed by atoms with van der Waals surface area (Å²) in [5.41, 5.74) is 6.20. The topological polar surface area (TPSA) is 62.5 Å². The first kappa shape index (κ1) is 13.6. The van der Waals surface area contributed by atoms with Crippen LogP contribution in [0.15, 0.2) is 12.1 Å². The van der Waals surface area contributed by atoms with Gasteiger partial charge in [-0.15, -0.1) is 0 Å². The Kier molecular flexibility index (Phi) is 3.56. The average molecular weight is 295 g/mol. The number of nitrogens with two attached hydrogens (primary N) is 1. The summed E-state index contributed by atoms with van der Waals surface area (Å²) in [7, 11) is 2.16. The molecule has 2 atom stereocenters. The van der Waals surface area contributed by atoms with Crippen molar-refractivity contribution in [2.24, 2.45) is 0 Å². The van der Waals surface area contributed by atoms with Crippen molar-refractivity contribution in [3.05, 3.63) is 22.8 Å². The molecule has 0 aliphatic carbocycles. The number of aromatic nitrogens is 1. The highest BCUT2D eigenvalue weighted by molar-refractivity contribution is 6.29.